The normalized spacial score (nSPS) is 18.5. The molecule has 1 saturated heterocycles. The van der Waals surface area contributed by atoms with Crippen molar-refractivity contribution in [2.45, 2.75) is 32.1 Å². The van der Waals surface area contributed by atoms with Gasteiger partial charge in [0.15, 0.2) is 0 Å². The molecule has 4 nitrogen and oxygen atoms in total. The molecule has 1 aliphatic heterocycles. The van der Waals surface area contributed by atoms with Gasteiger partial charge in [-0.25, -0.2) is 9.97 Å². The fourth-order valence-corrected chi connectivity index (χ4v) is 2.00. The van der Waals surface area contributed by atoms with Crippen molar-refractivity contribution in [2.75, 3.05) is 24.5 Å². The Morgan fingerprint density at radius 3 is 2.81 bits per heavy atom. The van der Waals surface area contributed by atoms with Crippen molar-refractivity contribution < 1.29 is 0 Å². The first-order valence-corrected chi connectivity index (χ1v) is 6.09. The molecule has 88 valence electrons. The number of rotatable bonds is 3. The first-order chi connectivity index (χ1) is 7.81. The molecule has 1 atom stereocenters. The summed E-state index contributed by atoms with van der Waals surface area (Å²) in [6.07, 6.45) is 5.67. The molecule has 2 N–H and O–H groups in total. The van der Waals surface area contributed by atoms with Crippen LogP contribution in [0.3, 0.4) is 0 Å². The van der Waals surface area contributed by atoms with Gasteiger partial charge in [-0.15, -0.1) is 0 Å². The van der Waals surface area contributed by atoms with Gasteiger partial charge in [0.25, 0.3) is 0 Å². The molecule has 1 aromatic heterocycles. The number of aromatic nitrogens is 2. The summed E-state index contributed by atoms with van der Waals surface area (Å²) in [6.45, 7) is 4.90. The maximum Gasteiger partial charge on any atom is 0.225 e. The van der Waals surface area contributed by atoms with E-state index in [0.717, 1.165) is 24.7 Å². The molecule has 1 fully saturated rings. The summed E-state index contributed by atoms with van der Waals surface area (Å²) in [5.74, 6) is 1.18. The maximum absolute atomic E-state index is 5.66. The van der Waals surface area contributed by atoms with Crippen molar-refractivity contribution in [3.8, 4) is 0 Å². The molecule has 0 bridgehead atoms. The lowest BCUT2D eigenvalue weighted by atomic mass is 10.1. The summed E-state index contributed by atoms with van der Waals surface area (Å²) >= 11 is 0. The number of nitrogens with zero attached hydrogens (tertiary/aromatic N) is 3. The second-order valence-corrected chi connectivity index (χ2v) is 4.47. The number of anilines is 1. The van der Waals surface area contributed by atoms with Crippen LogP contribution in [0.5, 0.6) is 0 Å². The van der Waals surface area contributed by atoms with Gasteiger partial charge in [0.05, 0.1) is 5.69 Å². The highest BCUT2D eigenvalue weighted by Crippen LogP contribution is 2.18. The van der Waals surface area contributed by atoms with Crippen molar-refractivity contribution in [2.24, 2.45) is 5.73 Å². The van der Waals surface area contributed by atoms with Gasteiger partial charge in [0, 0.05) is 31.7 Å². The second-order valence-electron chi connectivity index (χ2n) is 4.47. The van der Waals surface area contributed by atoms with E-state index in [1.165, 1.54) is 19.3 Å². The molecule has 0 radical (unpaired) electrons. The predicted molar refractivity (Wildman–Crippen MR) is 65.6 cm³/mol. The van der Waals surface area contributed by atoms with E-state index in [4.69, 9.17) is 5.73 Å². The summed E-state index contributed by atoms with van der Waals surface area (Å²) in [4.78, 5) is 11.2. The Bertz CT molecular complexity index is 334. The lowest BCUT2D eigenvalue weighted by molar-refractivity contribution is 0.566. The fourth-order valence-electron chi connectivity index (χ4n) is 2.00. The molecule has 0 aromatic carbocycles. The van der Waals surface area contributed by atoms with Gasteiger partial charge < -0.3 is 10.6 Å². The van der Waals surface area contributed by atoms with E-state index >= 15 is 0 Å². The van der Waals surface area contributed by atoms with E-state index in [1.54, 1.807) is 0 Å². The minimum atomic E-state index is 0.312. The highest BCUT2D eigenvalue weighted by Gasteiger charge is 2.14. The van der Waals surface area contributed by atoms with E-state index in [-0.39, 0.29) is 0 Å². The largest absolute Gasteiger partial charge is 0.341 e. The Kier molecular flexibility index (Phi) is 3.72. The van der Waals surface area contributed by atoms with E-state index in [1.807, 2.05) is 12.3 Å². The Morgan fingerprint density at radius 1 is 1.38 bits per heavy atom. The van der Waals surface area contributed by atoms with Gasteiger partial charge in [0.2, 0.25) is 5.95 Å². The zero-order chi connectivity index (χ0) is 11.4. The van der Waals surface area contributed by atoms with Gasteiger partial charge in [-0.05, 0) is 25.3 Å². The van der Waals surface area contributed by atoms with Crippen LogP contribution in [0.25, 0.3) is 0 Å². The first kappa shape index (κ1) is 11.3. The molecule has 16 heavy (non-hydrogen) atoms. The van der Waals surface area contributed by atoms with Gasteiger partial charge in [-0.3, -0.25) is 0 Å². The van der Waals surface area contributed by atoms with E-state index < -0.39 is 0 Å². The number of hydrogen-bond donors (Lipinski definition) is 1. The Hall–Kier alpha value is -1.16. The van der Waals surface area contributed by atoms with Crippen LogP contribution in [-0.2, 0) is 0 Å². The third-order valence-corrected chi connectivity index (χ3v) is 3.16. The molecule has 4 heteroatoms. The van der Waals surface area contributed by atoms with Gasteiger partial charge in [-0.2, -0.15) is 0 Å². The SMILES string of the molecule is CC(CN)c1ccnc(N2CCCCC2)n1. The molecule has 2 heterocycles. The minimum Gasteiger partial charge on any atom is -0.341 e. The average Bonchev–Trinajstić information content (AvgIpc) is 2.39. The van der Waals surface area contributed by atoms with E-state index in [2.05, 4.69) is 21.8 Å². The molecule has 0 amide bonds. The van der Waals surface area contributed by atoms with Crippen molar-refractivity contribution in [3.63, 3.8) is 0 Å². The Morgan fingerprint density at radius 2 is 2.12 bits per heavy atom. The van der Waals surface area contributed by atoms with Crippen molar-refractivity contribution in [1.29, 1.82) is 0 Å². The number of nitrogens with two attached hydrogens (primary N) is 1. The van der Waals surface area contributed by atoms with Crippen LogP contribution in [0.4, 0.5) is 5.95 Å². The molecule has 1 aromatic rings. The highest BCUT2D eigenvalue weighted by atomic mass is 15.2. The Balaban J connectivity index is 2.14. The van der Waals surface area contributed by atoms with Crippen LogP contribution >= 0.6 is 0 Å². The molecule has 0 saturated carbocycles. The Labute approximate surface area is 96.9 Å². The molecular formula is C12H20N4. The molecule has 1 unspecified atom stereocenters. The van der Waals surface area contributed by atoms with Crippen molar-refractivity contribution in [1.82, 2.24) is 9.97 Å². The van der Waals surface area contributed by atoms with Crippen molar-refractivity contribution >= 4 is 5.95 Å². The van der Waals surface area contributed by atoms with Crippen LogP contribution in [-0.4, -0.2) is 29.6 Å². The first-order valence-electron chi connectivity index (χ1n) is 6.09. The average molecular weight is 220 g/mol. The third kappa shape index (κ3) is 2.50. The molecular weight excluding hydrogens is 200 g/mol. The van der Waals surface area contributed by atoms with Crippen LogP contribution in [0.1, 0.15) is 37.8 Å². The molecule has 2 rings (SSSR count). The lowest BCUT2D eigenvalue weighted by Gasteiger charge is -2.27. The monoisotopic (exact) mass is 220 g/mol. The zero-order valence-corrected chi connectivity index (χ0v) is 9.89. The van der Waals surface area contributed by atoms with E-state index in [0.29, 0.717) is 12.5 Å². The summed E-state index contributed by atoms with van der Waals surface area (Å²) in [7, 11) is 0. The van der Waals surface area contributed by atoms with E-state index in [9.17, 15) is 0 Å². The highest BCUT2D eigenvalue weighted by molar-refractivity contribution is 5.31. The summed E-state index contributed by atoms with van der Waals surface area (Å²) < 4.78 is 0. The zero-order valence-electron chi connectivity index (χ0n) is 9.89. The fraction of sp³-hybridized carbons (Fsp3) is 0.667. The quantitative estimate of drug-likeness (QED) is 0.839. The smallest absolute Gasteiger partial charge is 0.225 e. The minimum absolute atomic E-state index is 0.312. The molecule has 0 spiro atoms. The lowest BCUT2D eigenvalue weighted by Crippen LogP contribution is -2.31. The summed E-state index contributed by atoms with van der Waals surface area (Å²) in [6, 6.07) is 1.96. The third-order valence-electron chi connectivity index (χ3n) is 3.16. The second kappa shape index (κ2) is 5.25. The standard InChI is InChI=1S/C12H20N4/c1-10(9-13)11-5-6-14-12(15-11)16-7-3-2-4-8-16/h5-6,10H,2-4,7-9,13H2,1H3. The van der Waals surface area contributed by atoms with Crippen molar-refractivity contribution in [3.05, 3.63) is 18.0 Å². The van der Waals surface area contributed by atoms with Crippen LogP contribution < -0.4 is 10.6 Å². The van der Waals surface area contributed by atoms with Crippen LogP contribution in [0, 0.1) is 0 Å². The maximum atomic E-state index is 5.66. The van der Waals surface area contributed by atoms with Crippen LogP contribution in [0.2, 0.25) is 0 Å². The van der Waals surface area contributed by atoms with Crippen LogP contribution in [0.15, 0.2) is 12.3 Å². The van der Waals surface area contributed by atoms with Gasteiger partial charge in [0.1, 0.15) is 0 Å². The van der Waals surface area contributed by atoms with Gasteiger partial charge >= 0.3 is 0 Å². The molecule has 0 aliphatic carbocycles. The number of hydrogen-bond acceptors (Lipinski definition) is 4. The topological polar surface area (TPSA) is 55.0 Å². The molecule has 1 aliphatic rings. The summed E-state index contributed by atoms with van der Waals surface area (Å²) in [5, 5.41) is 0. The number of piperidine rings is 1. The van der Waals surface area contributed by atoms with Gasteiger partial charge in [-0.1, -0.05) is 6.92 Å². The summed E-state index contributed by atoms with van der Waals surface area (Å²) in [5.41, 5.74) is 6.71. The predicted octanol–water partition coefficient (Wildman–Crippen LogP) is 1.53.